The van der Waals surface area contributed by atoms with Crippen molar-refractivity contribution in [1.82, 2.24) is 14.6 Å². The molecule has 1 amide bonds. The molecule has 4 rings (SSSR count). The second-order valence-electron chi connectivity index (χ2n) is 6.71. The van der Waals surface area contributed by atoms with Crippen LogP contribution in [0, 0.1) is 5.92 Å². The molecule has 1 aromatic carbocycles. The molecule has 134 valence electrons. The van der Waals surface area contributed by atoms with E-state index in [-0.39, 0.29) is 11.8 Å². The minimum Gasteiger partial charge on any atom is -0.480 e. The van der Waals surface area contributed by atoms with E-state index in [9.17, 15) is 4.79 Å². The van der Waals surface area contributed by atoms with Gasteiger partial charge in [0.05, 0.1) is 19.0 Å². The van der Waals surface area contributed by atoms with Crippen LogP contribution in [0.15, 0.2) is 42.6 Å². The molecule has 0 saturated heterocycles. The zero-order valence-electron chi connectivity index (χ0n) is 14.8. The predicted molar refractivity (Wildman–Crippen MR) is 100 cm³/mol. The lowest BCUT2D eigenvalue weighted by Crippen LogP contribution is -2.24. The Morgan fingerprint density at radius 3 is 2.85 bits per heavy atom. The van der Waals surface area contributed by atoms with Crippen molar-refractivity contribution in [3.05, 3.63) is 42.6 Å². The third-order valence-corrected chi connectivity index (χ3v) is 4.91. The quantitative estimate of drug-likeness (QED) is 0.774. The molecule has 6 nitrogen and oxygen atoms in total. The molecule has 2 aromatic heterocycles. The van der Waals surface area contributed by atoms with E-state index in [1.165, 1.54) is 6.42 Å². The third kappa shape index (κ3) is 3.40. The van der Waals surface area contributed by atoms with E-state index in [2.05, 4.69) is 15.4 Å². The fourth-order valence-corrected chi connectivity index (χ4v) is 3.48. The summed E-state index contributed by atoms with van der Waals surface area (Å²) in [4.78, 5) is 17.1. The average Bonchev–Trinajstić information content (AvgIpc) is 3.12. The van der Waals surface area contributed by atoms with Gasteiger partial charge in [0.15, 0.2) is 5.65 Å². The van der Waals surface area contributed by atoms with E-state index >= 15 is 0 Å². The first kappa shape index (κ1) is 16.6. The Morgan fingerprint density at radius 1 is 1.19 bits per heavy atom. The summed E-state index contributed by atoms with van der Waals surface area (Å²) in [5, 5.41) is 7.40. The first-order chi connectivity index (χ1) is 12.7. The lowest BCUT2D eigenvalue weighted by Gasteiger charge is -2.20. The molecule has 6 heteroatoms. The predicted octanol–water partition coefficient (Wildman–Crippen LogP) is 3.92. The highest BCUT2D eigenvalue weighted by Gasteiger charge is 2.21. The maximum absolute atomic E-state index is 12.5. The van der Waals surface area contributed by atoms with E-state index in [1.54, 1.807) is 17.7 Å². The molecule has 3 aromatic rings. The van der Waals surface area contributed by atoms with Gasteiger partial charge in [-0.1, -0.05) is 31.4 Å². The molecule has 0 aliphatic heterocycles. The zero-order chi connectivity index (χ0) is 17.9. The van der Waals surface area contributed by atoms with Crippen LogP contribution in [0.25, 0.3) is 16.9 Å². The molecular weight excluding hydrogens is 328 g/mol. The highest BCUT2D eigenvalue weighted by molar-refractivity contribution is 5.93. The average molecular weight is 350 g/mol. The molecule has 1 N–H and O–H groups in total. The van der Waals surface area contributed by atoms with Crippen LogP contribution in [0.1, 0.15) is 32.1 Å². The molecule has 1 aliphatic rings. The van der Waals surface area contributed by atoms with Crippen molar-refractivity contribution in [3.8, 4) is 17.1 Å². The number of carbonyl (C=O) groups is 1. The zero-order valence-corrected chi connectivity index (χ0v) is 14.8. The minimum atomic E-state index is 0.128. The molecule has 0 unspecified atom stereocenters. The second-order valence-corrected chi connectivity index (χ2v) is 6.71. The van der Waals surface area contributed by atoms with E-state index in [0.29, 0.717) is 5.88 Å². The topological polar surface area (TPSA) is 68.5 Å². The number of carbonyl (C=O) groups excluding carboxylic acids is 1. The molecule has 1 saturated carbocycles. The van der Waals surface area contributed by atoms with Crippen LogP contribution in [0.2, 0.25) is 0 Å². The van der Waals surface area contributed by atoms with Gasteiger partial charge in [0.1, 0.15) is 0 Å². The minimum absolute atomic E-state index is 0.128. The van der Waals surface area contributed by atoms with Crippen molar-refractivity contribution in [3.63, 3.8) is 0 Å². The summed E-state index contributed by atoms with van der Waals surface area (Å²) in [6.45, 7) is 0. The van der Waals surface area contributed by atoms with E-state index in [1.807, 2.05) is 36.5 Å². The standard InChI is InChI=1S/C20H22N4O2/c1-26-19-11-10-18-22-17(13-24(18)23-19)15-8-5-9-16(12-15)21-20(25)14-6-3-2-4-7-14/h5,8-14H,2-4,6-7H2,1H3,(H,21,25). The fourth-order valence-electron chi connectivity index (χ4n) is 3.48. The number of imidazole rings is 1. The molecule has 0 spiro atoms. The van der Waals surface area contributed by atoms with Gasteiger partial charge in [-0.3, -0.25) is 4.79 Å². The summed E-state index contributed by atoms with van der Waals surface area (Å²) in [5.41, 5.74) is 3.30. The number of nitrogens with one attached hydrogen (secondary N) is 1. The van der Waals surface area contributed by atoms with Gasteiger partial charge in [-0.05, 0) is 31.0 Å². The maximum atomic E-state index is 12.5. The van der Waals surface area contributed by atoms with Gasteiger partial charge in [0.2, 0.25) is 11.8 Å². The third-order valence-electron chi connectivity index (χ3n) is 4.91. The van der Waals surface area contributed by atoms with Gasteiger partial charge in [-0.15, -0.1) is 5.10 Å². The Bertz CT molecular complexity index is 928. The van der Waals surface area contributed by atoms with Crippen LogP contribution >= 0.6 is 0 Å². The Hall–Kier alpha value is -2.89. The number of rotatable bonds is 4. The summed E-state index contributed by atoms with van der Waals surface area (Å²) >= 11 is 0. The van der Waals surface area contributed by atoms with Crippen molar-refractivity contribution in [1.29, 1.82) is 0 Å². The van der Waals surface area contributed by atoms with Gasteiger partial charge in [0, 0.05) is 23.2 Å². The van der Waals surface area contributed by atoms with Crippen LogP contribution in [-0.4, -0.2) is 27.6 Å². The highest BCUT2D eigenvalue weighted by atomic mass is 16.5. The Morgan fingerprint density at radius 2 is 2.04 bits per heavy atom. The Balaban J connectivity index is 1.56. The smallest absolute Gasteiger partial charge is 0.231 e. The SMILES string of the molecule is COc1ccc2nc(-c3cccc(NC(=O)C4CCCCC4)c3)cn2n1. The van der Waals surface area contributed by atoms with Crippen LogP contribution in [0.5, 0.6) is 5.88 Å². The van der Waals surface area contributed by atoms with Gasteiger partial charge in [0.25, 0.3) is 0 Å². The summed E-state index contributed by atoms with van der Waals surface area (Å²) in [6.07, 6.45) is 7.38. The Labute approximate surface area is 152 Å². The van der Waals surface area contributed by atoms with E-state index < -0.39 is 0 Å². The molecule has 2 heterocycles. The largest absolute Gasteiger partial charge is 0.480 e. The number of nitrogens with zero attached hydrogens (tertiary/aromatic N) is 3. The molecule has 1 aliphatic carbocycles. The number of fused-ring (bicyclic) bond motifs is 1. The number of methoxy groups -OCH3 is 1. The summed E-state index contributed by atoms with van der Waals surface area (Å²) in [5.74, 6) is 0.803. The number of hydrogen-bond donors (Lipinski definition) is 1. The van der Waals surface area contributed by atoms with Crippen LogP contribution in [-0.2, 0) is 4.79 Å². The molecule has 1 fully saturated rings. The van der Waals surface area contributed by atoms with Gasteiger partial charge in [-0.25, -0.2) is 9.50 Å². The van der Waals surface area contributed by atoms with Crippen molar-refractivity contribution < 1.29 is 9.53 Å². The van der Waals surface area contributed by atoms with E-state index in [4.69, 9.17) is 4.74 Å². The molecular formula is C20H22N4O2. The molecule has 0 atom stereocenters. The first-order valence-corrected chi connectivity index (χ1v) is 9.05. The number of benzene rings is 1. The van der Waals surface area contributed by atoms with Crippen molar-refractivity contribution in [2.75, 3.05) is 12.4 Å². The number of amides is 1. The number of hydrogen-bond acceptors (Lipinski definition) is 4. The summed E-state index contributed by atoms with van der Waals surface area (Å²) < 4.78 is 6.85. The van der Waals surface area contributed by atoms with Gasteiger partial charge < -0.3 is 10.1 Å². The second kappa shape index (κ2) is 7.15. The highest BCUT2D eigenvalue weighted by Crippen LogP contribution is 2.26. The first-order valence-electron chi connectivity index (χ1n) is 9.05. The summed E-state index contributed by atoms with van der Waals surface area (Å²) in [6, 6.07) is 11.4. The molecule has 26 heavy (non-hydrogen) atoms. The molecule has 0 radical (unpaired) electrons. The van der Waals surface area contributed by atoms with Crippen LogP contribution < -0.4 is 10.1 Å². The van der Waals surface area contributed by atoms with Crippen LogP contribution in [0.3, 0.4) is 0 Å². The Kier molecular flexibility index (Phi) is 4.56. The van der Waals surface area contributed by atoms with E-state index in [0.717, 1.165) is 48.3 Å². The maximum Gasteiger partial charge on any atom is 0.231 e. The molecule has 0 bridgehead atoms. The van der Waals surface area contributed by atoms with Crippen molar-refractivity contribution in [2.24, 2.45) is 5.92 Å². The number of aromatic nitrogens is 3. The monoisotopic (exact) mass is 350 g/mol. The lowest BCUT2D eigenvalue weighted by atomic mass is 9.88. The lowest BCUT2D eigenvalue weighted by molar-refractivity contribution is -0.120. The fraction of sp³-hybridized carbons (Fsp3) is 0.350. The summed E-state index contributed by atoms with van der Waals surface area (Å²) in [7, 11) is 1.59. The number of anilines is 1. The number of ether oxygens (including phenoxy) is 1. The van der Waals surface area contributed by atoms with Gasteiger partial charge in [-0.2, -0.15) is 0 Å². The normalized spacial score (nSPS) is 15.1. The van der Waals surface area contributed by atoms with Gasteiger partial charge >= 0.3 is 0 Å². The van der Waals surface area contributed by atoms with Crippen molar-refractivity contribution >= 4 is 17.2 Å². The van der Waals surface area contributed by atoms with Crippen molar-refractivity contribution in [2.45, 2.75) is 32.1 Å². The van der Waals surface area contributed by atoms with Crippen LogP contribution in [0.4, 0.5) is 5.69 Å².